The van der Waals surface area contributed by atoms with E-state index in [4.69, 9.17) is 0 Å². The number of benzene rings is 2. The van der Waals surface area contributed by atoms with Crippen LogP contribution in [0, 0.1) is 11.6 Å². The minimum atomic E-state index is -0.264. The second-order valence-electron chi connectivity index (χ2n) is 7.35. The molecule has 30 heavy (non-hydrogen) atoms. The summed E-state index contributed by atoms with van der Waals surface area (Å²) < 4.78 is 26.7. The van der Waals surface area contributed by atoms with Gasteiger partial charge in [0.05, 0.1) is 0 Å². The van der Waals surface area contributed by atoms with Gasteiger partial charge in [-0.15, -0.1) is 0 Å². The van der Waals surface area contributed by atoms with Gasteiger partial charge in [-0.05, 0) is 67.6 Å². The van der Waals surface area contributed by atoms with E-state index in [9.17, 15) is 8.78 Å². The maximum Gasteiger partial charge on any atom is 0.131 e. The highest BCUT2D eigenvalue weighted by Gasteiger charge is 2.18. The molecule has 1 fully saturated rings. The van der Waals surface area contributed by atoms with Gasteiger partial charge in [0.25, 0.3) is 0 Å². The van der Waals surface area contributed by atoms with Crippen molar-refractivity contribution in [1.29, 1.82) is 0 Å². The molecule has 2 aromatic carbocycles. The Morgan fingerprint density at radius 2 is 1.40 bits per heavy atom. The van der Waals surface area contributed by atoms with Crippen molar-refractivity contribution in [3.8, 4) is 0 Å². The van der Waals surface area contributed by atoms with Gasteiger partial charge in [0.2, 0.25) is 0 Å². The number of nitrogens with zero attached hydrogens (tertiary/aromatic N) is 5. The summed E-state index contributed by atoms with van der Waals surface area (Å²) in [5.74, 6) is 0.446. The Bertz CT molecular complexity index is 865. The Kier molecular flexibility index (Phi) is 6.49. The first-order valence-electron chi connectivity index (χ1n) is 10.2. The van der Waals surface area contributed by atoms with Gasteiger partial charge >= 0.3 is 0 Å². The summed E-state index contributed by atoms with van der Waals surface area (Å²) in [6.45, 7) is 5.58. The Hall–Kier alpha value is -3.06. The molecule has 7 heteroatoms. The summed E-state index contributed by atoms with van der Waals surface area (Å²) in [4.78, 5) is 15.1. The quantitative estimate of drug-likeness (QED) is 0.587. The van der Waals surface area contributed by atoms with Gasteiger partial charge in [-0.3, -0.25) is 4.90 Å². The molecular weight excluding hydrogens is 384 g/mol. The number of aromatic nitrogens is 2. The largest absolute Gasteiger partial charge is 0.354 e. The smallest absolute Gasteiger partial charge is 0.131 e. The average Bonchev–Trinajstić information content (AvgIpc) is 2.79. The van der Waals surface area contributed by atoms with Gasteiger partial charge in [-0.1, -0.05) is 0 Å². The molecule has 1 aliphatic rings. The highest BCUT2D eigenvalue weighted by molar-refractivity contribution is 5.63. The molecule has 0 spiro atoms. The van der Waals surface area contributed by atoms with Gasteiger partial charge in [0.1, 0.15) is 23.8 Å². The van der Waals surface area contributed by atoms with Crippen LogP contribution in [0.4, 0.5) is 26.0 Å². The predicted molar refractivity (Wildman–Crippen MR) is 115 cm³/mol. The van der Waals surface area contributed by atoms with Crippen molar-refractivity contribution >= 4 is 17.2 Å². The van der Waals surface area contributed by atoms with Crippen molar-refractivity contribution in [2.24, 2.45) is 0 Å². The molecule has 1 aliphatic heterocycles. The lowest BCUT2D eigenvalue weighted by atomic mass is 10.2. The predicted octanol–water partition coefficient (Wildman–Crippen LogP) is 4.11. The van der Waals surface area contributed by atoms with E-state index in [1.165, 1.54) is 24.3 Å². The lowest BCUT2D eigenvalue weighted by Gasteiger charge is -2.35. The summed E-state index contributed by atoms with van der Waals surface area (Å²) in [7, 11) is 0. The first-order chi connectivity index (χ1) is 14.7. The van der Waals surface area contributed by atoms with Crippen molar-refractivity contribution in [1.82, 2.24) is 14.9 Å². The zero-order chi connectivity index (χ0) is 20.8. The normalized spacial score (nSPS) is 14.7. The number of piperazine rings is 1. The van der Waals surface area contributed by atoms with Crippen molar-refractivity contribution in [2.75, 3.05) is 49.1 Å². The summed E-state index contributed by atoms with van der Waals surface area (Å²) in [5, 5.41) is 0. The van der Waals surface area contributed by atoms with Gasteiger partial charge in [0, 0.05) is 50.3 Å². The number of hydrogen-bond donors (Lipinski definition) is 0. The molecule has 0 amide bonds. The van der Waals surface area contributed by atoms with Gasteiger partial charge in [-0.2, -0.15) is 0 Å². The molecule has 1 aromatic heterocycles. The van der Waals surface area contributed by atoms with Gasteiger partial charge in [-0.25, -0.2) is 18.7 Å². The molecule has 0 N–H and O–H groups in total. The van der Waals surface area contributed by atoms with E-state index in [1.54, 1.807) is 36.8 Å². The second kappa shape index (κ2) is 9.63. The number of rotatable bonds is 7. The van der Waals surface area contributed by atoms with E-state index >= 15 is 0 Å². The van der Waals surface area contributed by atoms with Crippen LogP contribution < -0.4 is 9.80 Å². The van der Waals surface area contributed by atoms with Crippen LogP contribution in [0.25, 0.3) is 0 Å². The molecule has 0 bridgehead atoms. The van der Waals surface area contributed by atoms with E-state index in [-0.39, 0.29) is 11.6 Å². The molecule has 2 heterocycles. The molecule has 0 aliphatic carbocycles. The van der Waals surface area contributed by atoms with E-state index < -0.39 is 0 Å². The second-order valence-corrected chi connectivity index (χ2v) is 7.35. The number of anilines is 3. The van der Waals surface area contributed by atoms with Crippen molar-refractivity contribution in [2.45, 2.75) is 6.42 Å². The fourth-order valence-electron chi connectivity index (χ4n) is 3.77. The third kappa shape index (κ3) is 5.10. The lowest BCUT2D eigenvalue weighted by molar-refractivity contribution is 0.256. The van der Waals surface area contributed by atoms with Crippen LogP contribution in [-0.2, 0) is 0 Å². The highest BCUT2D eigenvalue weighted by Crippen LogP contribution is 2.26. The third-order valence-electron chi connectivity index (χ3n) is 5.40. The van der Waals surface area contributed by atoms with Crippen LogP contribution in [-0.4, -0.2) is 54.1 Å². The molecule has 0 saturated carbocycles. The molecule has 5 nitrogen and oxygen atoms in total. The van der Waals surface area contributed by atoms with Crippen LogP contribution in [0.3, 0.4) is 0 Å². The van der Waals surface area contributed by atoms with Crippen LogP contribution in [0.5, 0.6) is 0 Å². The Labute approximate surface area is 175 Å². The first kappa shape index (κ1) is 20.2. The van der Waals surface area contributed by atoms with Crippen LogP contribution in [0.15, 0.2) is 67.1 Å². The van der Waals surface area contributed by atoms with Crippen molar-refractivity contribution in [3.05, 3.63) is 78.8 Å². The average molecular weight is 409 g/mol. The van der Waals surface area contributed by atoms with Gasteiger partial charge < -0.3 is 9.80 Å². The zero-order valence-electron chi connectivity index (χ0n) is 16.8. The van der Waals surface area contributed by atoms with Crippen LogP contribution in [0.1, 0.15) is 6.42 Å². The molecule has 3 aromatic rings. The molecule has 156 valence electrons. The Morgan fingerprint density at radius 1 is 0.800 bits per heavy atom. The molecule has 0 atom stereocenters. The lowest BCUT2D eigenvalue weighted by Crippen LogP contribution is -2.47. The van der Waals surface area contributed by atoms with Crippen LogP contribution >= 0.6 is 0 Å². The Balaban J connectivity index is 1.34. The Morgan fingerprint density at radius 3 is 1.93 bits per heavy atom. The number of hydrogen-bond acceptors (Lipinski definition) is 5. The zero-order valence-corrected chi connectivity index (χ0v) is 16.8. The third-order valence-corrected chi connectivity index (χ3v) is 5.40. The standard InChI is InChI=1S/C23H25F2N5/c24-19-2-6-21(7-3-19)30(22-8-4-20(25)5-9-22)13-1-12-28-14-16-29(17-15-28)23-10-11-26-18-27-23/h2-11,18H,1,12-17H2. The maximum absolute atomic E-state index is 13.4. The van der Waals surface area contributed by atoms with Crippen molar-refractivity contribution < 1.29 is 8.78 Å². The summed E-state index contributed by atoms with van der Waals surface area (Å²) >= 11 is 0. The molecule has 0 unspecified atom stereocenters. The van der Waals surface area contributed by atoms with Crippen molar-refractivity contribution in [3.63, 3.8) is 0 Å². The minimum absolute atomic E-state index is 0.264. The van der Waals surface area contributed by atoms with E-state index in [0.29, 0.717) is 0 Å². The molecule has 1 saturated heterocycles. The summed E-state index contributed by atoms with van der Waals surface area (Å²) in [5.41, 5.74) is 1.80. The van der Waals surface area contributed by atoms with E-state index in [2.05, 4.69) is 24.7 Å². The molecule has 4 rings (SSSR count). The highest BCUT2D eigenvalue weighted by atomic mass is 19.1. The first-order valence-corrected chi connectivity index (χ1v) is 10.2. The fourth-order valence-corrected chi connectivity index (χ4v) is 3.77. The van der Waals surface area contributed by atoms with E-state index in [1.807, 2.05) is 6.07 Å². The fraction of sp³-hybridized carbons (Fsp3) is 0.304. The summed E-state index contributed by atoms with van der Waals surface area (Å²) in [6.07, 6.45) is 4.30. The molecular formula is C23H25F2N5. The van der Waals surface area contributed by atoms with E-state index in [0.717, 1.165) is 62.9 Å². The minimum Gasteiger partial charge on any atom is -0.354 e. The van der Waals surface area contributed by atoms with Crippen LogP contribution in [0.2, 0.25) is 0 Å². The topological polar surface area (TPSA) is 35.5 Å². The maximum atomic E-state index is 13.4. The number of halogens is 2. The summed E-state index contributed by atoms with van der Waals surface area (Å²) in [6, 6.07) is 14.8. The van der Waals surface area contributed by atoms with Gasteiger partial charge in [0.15, 0.2) is 0 Å². The monoisotopic (exact) mass is 409 g/mol. The molecule has 0 radical (unpaired) electrons. The SMILES string of the molecule is Fc1ccc(N(CCCN2CCN(c3ccncn3)CC2)c2ccc(F)cc2)cc1.